The van der Waals surface area contributed by atoms with Crippen LogP contribution in [0.1, 0.15) is 65.4 Å². The quantitative estimate of drug-likeness (QED) is 0.332. The minimum absolute atomic E-state index is 0.101. The maximum Gasteiger partial charge on any atom is 0.343 e. The summed E-state index contributed by atoms with van der Waals surface area (Å²) >= 11 is 0. The van der Waals surface area contributed by atoms with Crippen LogP contribution in [0.15, 0.2) is 50.7 Å². The SMILES string of the molecule is COc1ccc2c3c(c(=O)oc2c1)[C@H](C)[C@@](C)(CC/C=C(\C)CC(=O)C=C(C)C)O3. The van der Waals surface area contributed by atoms with Gasteiger partial charge in [0.15, 0.2) is 5.78 Å². The molecule has 160 valence electrons. The maximum absolute atomic E-state index is 12.7. The Morgan fingerprint density at radius 2 is 2.00 bits per heavy atom. The van der Waals surface area contributed by atoms with E-state index in [1.54, 1.807) is 19.3 Å². The average molecular weight is 411 g/mol. The first-order valence-electron chi connectivity index (χ1n) is 10.3. The van der Waals surface area contributed by atoms with Gasteiger partial charge in [-0.3, -0.25) is 4.79 Å². The number of ether oxygens (including phenoxy) is 2. The topological polar surface area (TPSA) is 65.7 Å². The van der Waals surface area contributed by atoms with E-state index in [1.165, 1.54) is 0 Å². The van der Waals surface area contributed by atoms with E-state index in [1.807, 2.05) is 46.8 Å². The van der Waals surface area contributed by atoms with E-state index in [0.29, 0.717) is 29.1 Å². The smallest absolute Gasteiger partial charge is 0.343 e. The van der Waals surface area contributed by atoms with Crippen molar-refractivity contribution in [1.82, 2.24) is 0 Å². The Morgan fingerprint density at radius 1 is 1.27 bits per heavy atom. The van der Waals surface area contributed by atoms with E-state index >= 15 is 0 Å². The van der Waals surface area contributed by atoms with Crippen LogP contribution in [0.2, 0.25) is 0 Å². The fraction of sp³-hybridized carbons (Fsp3) is 0.440. The van der Waals surface area contributed by atoms with Crippen molar-refractivity contribution in [3.8, 4) is 11.5 Å². The van der Waals surface area contributed by atoms with Gasteiger partial charge in [-0.05, 0) is 58.7 Å². The molecule has 2 aromatic rings. The second-order valence-corrected chi connectivity index (χ2v) is 8.58. The fourth-order valence-corrected chi connectivity index (χ4v) is 4.00. The Bertz CT molecular complexity index is 1080. The first kappa shape index (κ1) is 21.9. The van der Waals surface area contributed by atoms with Crippen LogP contribution >= 0.6 is 0 Å². The second-order valence-electron chi connectivity index (χ2n) is 8.58. The van der Waals surface area contributed by atoms with Gasteiger partial charge in [-0.2, -0.15) is 0 Å². The first-order chi connectivity index (χ1) is 14.1. The molecule has 0 amide bonds. The molecule has 0 fully saturated rings. The van der Waals surface area contributed by atoms with E-state index in [0.717, 1.165) is 29.4 Å². The van der Waals surface area contributed by atoms with Crippen molar-refractivity contribution in [3.05, 3.63) is 57.5 Å². The number of hydrogen-bond acceptors (Lipinski definition) is 5. The van der Waals surface area contributed by atoms with E-state index in [9.17, 15) is 9.59 Å². The maximum atomic E-state index is 12.7. The lowest BCUT2D eigenvalue weighted by Crippen LogP contribution is -2.33. The van der Waals surface area contributed by atoms with E-state index in [4.69, 9.17) is 13.9 Å². The molecule has 0 unspecified atom stereocenters. The van der Waals surface area contributed by atoms with Crippen molar-refractivity contribution < 1.29 is 18.7 Å². The average Bonchev–Trinajstić information content (AvgIpc) is 2.92. The summed E-state index contributed by atoms with van der Waals surface area (Å²) in [4.78, 5) is 24.6. The zero-order chi connectivity index (χ0) is 22.1. The summed E-state index contributed by atoms with van der Waals surface area (Å²) in [5.41, 5.74) is 2.22. The second kappa shape index (κ2) is 8.50. The first-order valence-corrected chi connectivity index (χ1v) is 10.3. The highest BCUT2D eigenvalue weighted by Gasteiger charge is 2.44. The highest BCUT2D eigenvalue weighted by Crippen LogP contribution is 2.48. The number of fused-ring (bicyclic) bond motifs is 3. The monoisotopic (exact) mass is 410 g/mol. The molecule has 0 bridgehead atoms. The lowest BCUT2D eigenvalue weighted by Gasteiger charge is -2.28. The molecule has 30 heavy (non-hydrogen) atoms. The number of ketones is 1. The van der Waals surface area contributed by atoms with Crippen LogP contribution in [-0.2, 0) is 4.79 Å². The third kappa shape index (κ3) is 4.35. The molecule has 0 aliphatic carbocycles. The molecular formula is C25H30O5. The van der Waals surface area contributed by atoms with E-state index < -0.39 is 5.60 Å². The number of hydrogen-bond donors (Lipinski definition) is 0. The van der Waals surface area contributed by atoms with E-state index in [2.05, 4.69) is 6.08 Å². The van der Waals surface area contributed by atoms with Crippen molar-refractivity contribution in [2.24, 2.45) is 0 Å². The van der Waals surface area contributed by atoms with Crippen molar-refractivity contribution in [2.45, 2.75) is 65.4 Å². The highest BCUT2D eigenvalue weighted by atomic mass is 16.5. The lowest BCUT2D eigenvalue weighted by molar-refractivity contribution is -0.114. The van der Waals surface area contributed by atoms with Crippen molar-refractivity contribution in [1.29, 1.82) is 0 Å². The molecular weight excluding hydrogens is 380 g/mol. The van der Waals surface area contributed by atoms with Gasteiger partial charge in [-0.1, -0.05) is 24.1 Å². The Kier molecular flexibility index (Phi) is 6.20. The molecule has 0 radical (unpaired) electrons. The summed E-state index contributed by atoms with van der Waals surface area (Å²) in [6, 6.07) is 5.41. The fourth-order valence-electron chi connectivity index (χ4n) is 4.00. The van der Waals surface area contributed by atoms with Crippen LogP contribution < -0.4 is 15.1 Å². The molecule has 5 heteroatoms. The molecule has 0 spiro atoms. The number of rotatable bonds is 7. The van der Waals surface area contributed by atoms with Crippen LogP contribution in [0, 0.1) is 0 Å². The van der Waals surface area contributed by atoms with Gasteiger partial charge in [0.05, 0.1) is 18.1 Å². The lowest BCUT2D eigenvalue weighted by atomic mass is 9.84. The van der Waals surface area contributed by atoms with Gasteiger partial charge in [0.2, 0.25) is 0 Å². The Balaban J connectivity index is 1.80. The van der Waals surface area contributed by atoms with Crippen LogP contribution in [-0.4, -0.2) is 18.5 Å². The van der Waals surface area contributed by atoms with Crippen LogP contribution in [0.5, 0.6) is 11.5 Å². The van der Waals surface area contributed by atoms with Gasteiger partial charge in [-0.15, -0.1) is 0 Å². The third-order valence-electron chi connectivity index (χ3n) is 5.82. The zero-order valence-corrected chi connectivity index (χ0v) is 18.6. The minimum Gasteiger partial charge on any atom is -0.497 e. The summed E-state index contributed by atoms with van der Waals surface area (Å²) < 4.78 is 17.2. The molecule has 1 aliphatic rings. The molecule has 0 saturated heterocycles. The summed E-state index contributed by atoms with van der Waals surface area (Å²) in [7, 11) is 1.57. The van der Waals surface area contributed by atoms with Crippen molar-refractivity contribution in [3.63, 3.8) is 0 Å². The Morgan fingerprint density at radius 3 is 2.67 bits per heavy atom. The van der Waals surface area contributed by atoms with Crippen LogP contribution in [0.25, 0.3) is 11.0 Å². The van der Waals surface area contributed by atoms with Gasteiger partial charge < -0.3 is 13.9 Å². The van der Waals surface area contributed by atoms with Gasteiger partial charge >= 0.3 is 5.63 Å². The molecule has 2 atom stereocenters. The van der Waals surface area contributed by atoms with Crippen molar-refractivity contribution in [2.75, 3.05) is 7.11 Å². The highest BCUT2D eigenvalue weighted by molar-refractivity contribution is 5.91. The summed E-state index contributed by atoms with van der Waals surface area (Å²) in [6.07, 6.45) is 5.69. The number of carbonyl (C=O) groups is 1. The van der Waals surface area contributed by atoms with Gasteiger partial charge in [-0.25, -0.2) is 4.79 Å². The molecule has 2 heterocycles. The minimum atomic E-state index is -0.522. The summed E-state index contributed by atoms with van der Waals surface area (Å²) in [6.45, 7) is 9.86. The molecule has 3 rings (SSSR count). The van der Waals surface area contributed by atoms with Crippen molar-refractivity contribution >= 4 is 16.8 Å². The number of methoxy groups -OCH3 is 1. The predicted molar refractivity (Wildman–Crippen MR) is 119 cm³/mol. The third-order valence-corrected chi connectivity index (χ3v) is 5.82. The molecule has 1 aromatic carbocycles. The standard InChI is InChI=1S/C25H30O5/c1-15(2)12-18(26)13-16(3)8-7-11-25(5)17(4)22-23(30-25)20-10-9-19(28-6)14-21(20)29-24(22)27/h8-10,12,14,17H,7,11,13H2,1-6H3/b16-8+/t17-,25+/m0/s1. The normalized spacial score (nSPS) is 20.6. The summed E-state index contributed by atoms with van der Waals surface area (Å²) in [5.74, 6) is 1.25. The zero-order valence-electron chi connectivity index (χ0n) is 18.6. The Labute approximate surface area is 177 Å². The largest absolute Gasteiger partial charge is 0.497 e. The molecule has 0 saturated carbocycles. The number of carbonyl (C=O) groups excluding carboxylic acids is 1. The predicted octanol–water partition coefficient (Wildman–Crippen LogP) is 5.71. The van der Waals surface area contributed by atoms with Crippen LogP contribution in [0.3, 0.4) is 0 Å². The van der Waals surface area contributed by atoms with Gasteiger partial charge in [0, 0.05) is 18.4 Å². The number of benzene rings is 1. The summed E-state index contributed by atoms with van der Waals surface area (Å²) in [5, 5.41) is 0.778. The van der Waals surface area contributed by atoms with Gasteiger partial charge in [0.25, 0.3) is 0 Å². The molecule has 5 nitrogen and oxygen atoms in total. The van der Waals surface area contributed by atoms with E-state index in [-0.39, 0.29) is 17.3 Å². The Hall–Kier alpha value is -2.82. The number of allylic oxidation sites excluding steroid dienone is 4. The molecule has 0 N–H and O–H groups in total. The molecule has 1 aromatic heterocycles. The van der Waals surface area contributed by atoms with Gasteiger partial charge in [0.1, 0.15) is 22.7 Å². The molecule has 1 aliphatic heterocycles. The van der Waals surface area contributed by atoms with Crippen LogP contribution in [0.4, 0.5) is 0 Å².